The van der Waals surface area contributed by atoms with Gasteiger partial charge in [-0.2, -0.15) is 0 Å². The van der Waals surface area contributed by atoms with Gasteiger partial charge < -0.3 is 25.0 Å². The van der Waals surface area contributed by atoms with E-state index in [1.54, 1.807) is 52.1 Å². The average Bonchev–Trinajstić information content (AvgIpc) is 2.68. The lowest BCUT2D eigenvalue weighted by molar-refractivity contribution is -0.122. The summed E-state index contributed by atoms with van der Waals surface area (Å²) < 4.78 is 5.13. The molecule has 3 amide bonds. The summed E-state index contributed by atoms with van der Waals surface area (Å²) in [5.41, 5.74) is 0.311. The summed E-state index contributed by atoms with van der Waals surface area (Å²) in [5, 5.41) is 12.2. The first-order valence-electron chi connectivity index (χ1n) is 9.44. The van der Waals surface area contributed by atoms with Crippen molar-refractivity contribution < 1.29 is 24.2 Å². The lowest BCUT2D eigenvalue weighted by Gasteiger charge is -2.26. The summed E-state index contributed by atoms with van der Waals surface area (Å²) in [7, 11) is 1.61. The Labute approximate surface area is 176 Å². The molecule has 0 saturated heterocycles. The number of hydrogen-bond donors (Lipinski definition) is 2. The number of amides is 3. The minimum atomic E-state index is -0.737. The number of phenols is 1. The van der Waals surface area contributed by atoms with Crippen molar-refractivity contribution in [3.05, 3.63) is 54.6 Å². The second kappa shape index (κ2) is 9.78. The van der Waals surface area contributed by atoms with Gasteiger partial charge in [-0.05, 0) is 45.0 Å². The molecule has 2 aromatic carbocycles. The number of benzene rings is 2. The molecule has 0 aliphatic carbocycles. The molecule has 0 aliphatic rings. The van der Waals surface area contributed by atoms with Crippen LogP contribution in [0.4, 0.5) is 16.2 Å². The Hall–Kier alpha value is -3.55. The van der Waals surface area contributed by atoms with Gasteiger partial charge in [-0.3, -0.25) is 9.59 Å². The number of carbonyl (C=O) groups excluding carboxylic acids is 3. The Morgan fingerprint density at radius 1 is 0.967 bits per heavy atom. The van der Waals surface area contributed by atoms with E-state index < -0.39 is 17.6 Å². The summed E-state index contributed by atoms with van der Waals surface area (Å²) in [6, 6.07) is 15.0. The minimum absolute atomic E-state index is 0.0470. The zero-order valence-electron chi connectivity index (χ0n) is 17.6. The van der Waals surface area contributed by atoms with Gasteiger partial charge in [-0.1, -0.05) is 24.3 Å². The number of anilines is 2. The third-order valence-electron chi connectivity index (χ3n) is 4.04. The van der Waals surface area contributed by atoms with Crippen LogP contribution in [0.3, 0.4) is 0 Å². The summed E-state index contributed by atoms with van der Waals surface area (Å²) in [4.78, 5) is 40.1. The van der Waals surface area contributed by atoms with Gasteiger partial charge >= 0.3 is 6.09 Å². The van der Waals surface area contributed by atoms with Gasteiger partial charge in [0.2, 0.25) is 11.8 Å². The Bertz CT molecular complexity index is 893. The molecule has 0 fully saturated rings. The number of aromatic hydroxyl groups is 1. The smallest absolute Gasteiger partial charge is 0.408 e. The van der Waals surface area contributed by atoms with Gasteiger partial charge in [0.25, 0.3) is 0 Å². The van der Waals surface area contributed by atoms with E-state index >= 15 is 0 Å². The molecular weight excluding hydrogens is 386 g/mol. The maximum atomic E-state index is 12.8. The normalized spacial score (nSPS) is 10.8. The number of phenolic OH excluding ortho intramolecular Hbond substituents is 1. The monoisotopic (exact) mass is 413 g/mol. The predicted octanol–water partition coefficient (Wildman–Crippen LogP) is 2.91. The second-order valence-electron chi connectivity index (χ2n) is 7.64. The first-order valence-corrected chi connectivity index (χ1v) is 9.44. The number of likely N-dealkylation sites (N-methyl/N-ethyl adjacent to an activating group) is 1. The number of hydrogen-bond acceptors (Lipinski definition) is 5. The van der Waals surface area contributed by atoms with Crippen molar-refractivity contribution in [1.82, 2.24) is 5.32 Å². The van der Waals surface area contributed by atoms with Crippen LogP contribution in [0.25, 0.3) is 0 Å². The molecule has 160 valence electrons. The SMILES string of the molecule is CN(C(=O)CN(C(=O)CNC(=O)OC(C)(C)C)c1cccc(O)c1)c1ccccc1. The molecule has 0 spiro atoms. The molecule has 8 heteroatoms. The number of alkyl carbamates (subject to hydrolysis) is 1. The molecule has 2 N–H and O–H groups in total. The van der Waals surface area contributed by atoms with Crippen LogP contribution in [0.15, 0.2) is 54.6 Å². The van der Waals surface area contributed by atoms with Crippen LogP contribution in [-0.4, -0.2) is 48.8 Å². The molecule has 2 rings (SSSR count). The van der Waals surface area contributed by atoms with Crippen LogP contribution < -0.4 is 15.1 Å². The van der Waals surface area contributed by atoms with Gasteiger partial charge in [-0.25, -0.2) is 4.79 Å². The van der Waals surface area contributed by atoms with E-state index in [2.05, 4.69) is 5.32 Å². The van der Waals surface area contributed by atoms with Gasteiger partial charge in [0.1, 0.15) is 24.4 Å². The van der Waals surface area contributed by atoms with Crippen LogP contribution in [0.2, 0.25) is 0 Å². The summed E-state index contributed by atoms with van der Waals surface area (Å²) in [6.45, 7) is 4.50. The van der Waals surface area contributed by atoms with E-state index in [0.717, 1.165) is 0 Å². The summed E-state index contributed by atoms with van der Waals surface area (Å²) >= 11 is 0. The van der Waals surface area contributed by atoms with Gasteiger partial charge in [-0.15, -0.1) is 0 Å². The zero-order chi connectivity index (χ0) is 22.3. The van der Waals surface area contributed by atoms with Crippen LogP contribution in [0, 0.1) is 0 Å². The maximum absolute atomic E-state index is 12.8. The largest absolute Gasteiger partial charge is 0.508 e. The lowest BCUT2D eigenvalue weighted by Crippen LogP contribution is -2.46. The fourth-order valence-electron chi connectivity index (χ4n) is 2.58. The van der Waals surface area contributed by atoms with E-state index in [-0.39, 0.29) is 24.7 Å². The molecule has 0 aliphatic heterocycles. The number of nitrogens with zero attached hydrogens (tertiary/aromatic N) is 2. The van der Waals surface area contributed by atoms with Crippen molar-refractivity contribution in [3.63, 3.8) is 0 Å². The fraction of sp³-hybridized carbons (Fsp3) is 0.318. The number of nitrogens with one attached hydrogen (secondary N) is 1. The van der Waals surface area contributed by atoms with E-state index in [1.165, 1.54) is 21.9 Å². The molecule has 0 radical (unpaired) electrons. The molecule has 2 aromatic rings. The standard InChI is InChI=1S/C22H27N3O5/c1-22(2,3)30-21(29)23-14-19(27)25(17-11-8-12-18(26)13-17)15-20(28)24(4)16-9-6-5-7-10-16/h5-13,26H,14-15H2,1-4H3,(H,23,29). The van der Waals surface area contributed by atoms with Crippen LogP contribution >= 0.6 is 0 Å². The van der Waals surface area contributed by atoms with Gasteiger partial charge in [0, 0.05) is 24.5 Å². The third-order valence-corrected chi connectivity index (χ3v) is 4.04. The number of carbonyl (C=O) groups is 3. The van der Waals surface area contributed by atoms with Crippen molar-refractivity contribution in [3.8, 4) is 5.75 Å². The highest BCUT2D eigenvalue weighted by Crippen LogP contribution is 2.21. The maximum Gasteiger partial charge on any atom is 0.408 e. The van der Waals surface area contributed by atoms with E-state index in [9.17, 15) is 19.5 Å². The van der Waals surface area contributed by atoms with E-state index in [0.29, 0.717) is 11.4 Å². The van der Waals surface area contributed by atoms with E-state index in [4.69, 9.17) is 4.74 Å². The molecule has 0 aromatic heterocycles. The highest BCUT2D eigenvalue weighted by Gasteiger charge is 2.24. The van der Waals surface area contributed by atoms with Gasteiger partial charge in [0.05, 0.1) is 0 Å². The molecular formula is C22H27N3O5. The molecule has 0 saturated carbocycles. The summed E-state index contributed by atoms with van der Waals surface area (Å²) in [6.07, 6.45) is -0.737. The van der Waals surface area contributed by atoms with Crippen molar-refractivity contribution in [1.29, 1.82) is 0 Å². The first-order chi connectivity index (χ1) is 14.1. The van der Waals surface area contributed by atoms with Crippen molar-refractivity contribution in [2.24, 2.45) is 0 Å². The highest BCUT2D eigenvalue weighted by atomic mass is 16.6. The second-order valence-corrected chi connectivity index (χ2v) is 7.64. The fourth-order valence-corrected chi connectivity index (χ4v) is 2.58. The van der Waals surface area contributed by atoms with Crippen molar-refractivity contribution in [2.75, 3.05) is 29.9 Å². The number of ether oxygens (including phenoxy) is 1. The van der Waals surface area contributed by atoms with Gasteiger partial charge in [0.15, 0.2) is 0 Å². The number of para-hydroxylation sites is 1. The summed E-state index contributed by atoms with van der Waals surface area (Å²) in [5.74, 6) is -0.911. The first kappa shape index (κ1) is 22.7. The predicted molar refractivity (Wildman–Crippen MR) is 115 cm³/mol. The van der Waals surface area contributed by atoms with Crippen LogP contribution in [-0.2, 0) is 14.3 Å². The molecule has 0 unspecified atom stereocenters. The topological polar surface area (TPSA) is 99.2 Å². The Morgan fingerprint density at radius 3 is 2.20 bits per heavy atom. The molecule has 0 atom stereocenters. The molecule has 0 bridgehead atoms. The molecule has 0 heterocycles. The Morgan fingerprint density at radius 2 is 1.60 bits per heavy atom. The molecule has 30 heavy (non-hydrogen) atoms. The highest BCUT2D eigenvalue weighted by molar-refractivity contribution is 6.04. The van der Waals surface area contributed by atoms with Crippen molar-refractivity contribution >= 4 is 29.3 Å². The molecule has 8 nitrogen and oxygen atoms in total. The Balaban J connectivity index is 2.15. The van der Waals surface area contributed by atoms with Crippen molar-refractivity contribution in [2.45, 2.75) is 26.4 Å². The Kier molecular flexibility index (Phi) is 7.41. The van der Waals surface area contributed by atoms with Crippen LogP contribution in [0.1, 0.15) is 20.8 Å². The van der Waals surface area contributed by atoms with Crippen LogP contribution in [0.5, 0.6) is 5.75 Å². The third kappa shape index (κ3) is 6.80. The minimum Gasteiger partial charge on any atom is -0.508 e. The lowest BCUT2D eigenvalue weighted by atomic mass is 10.2. The average molecular weight is 413 g/mol. The quantitative estimate of drug-likeness (QED) is 0.759. The van der Waals surface area contributed by atoms with E-state index in [1.807, 2.05) is 18.2 Å². The zero-order valence-corrected chi connectivity index (χ0v) is 17.6. The number of rotatable bonds is 6.